The molecule has 0 aliphatic heterocycles. The maximum absolute atomic E-state index is 6.16. The van der Waals surface area contributed by atoms with E-state index >= 15 is 0 Å². The van der Waals surface area contributed by atoms with Crippen LogP contribution in [0.25, 0.3) is 0 Å². The average Bonchev–Trinajstić information content (AvgIpc) is 2.60. The highest BCUT2D eigenvalue weighted by Crippen LogP contribution is 2.28. The number of benzene rings is 1. The van der Waals surface area contributed by atoms with Crippen molar-refractivity contribution in [2.45, 2.75) is 0 Å². The standard InChI is InChI=1S/C16H15BrN6O/c1-24-12-4-2-3-11(7-12)22-15-14(18)16(21-9-20-15)23-13-6-5-10(17)8-19-13/h2-9H,18H2,1H3,(H2,19,20,21,22,23). The molecule has 0 fully saturated rings. The number of nitrogens with two attached hydrogens (primary N) is 1. The molecule has 0 amide bonds. The second-order valence-corrected chi connectivity index (χ2v) is 5.74. The highest BCUT2D eigenvalue weighted by atomic mass is 79.9. The van der Waals surface area contributed by atoms with Crippen molar-refractivity contribution in [1.29, 1.82) is 0 Å². The zero-order valence-electron chi connectivity index (χ0n) is 12.8. The molecule has 2 aromatic heterocycles. The number of hydrogen-bond donors (Lipinski definition) is 3. The number of methoxy groups -OCH3 is 1. The van der Waals surface area contributed by atoms with Crippen LogP contribution in [-0.4, -0.2) is 22.1 Å². The highest BCUT2D eigenvalue weighted by Gasteiger charge is 2.09. The summed E-state index contributed by atoms with van der Waals surface area (Å²) < 4.78 is 6.10. The summed E-state index contributed by atoms with van der Waals surface area (Å²) in [5.41, 5.74) is 7.37. The Balaban J connectivity index is 1.83. The van der Waals surface area contributed by atoms with Gasteiger partial charge in [0.25, 0.3) is 0 Å². The Morgan fingerprint density at radius 2 is 1.83 bits per heavy atom. The molecule has 122 valence electrons. The molecular weight excluding hydrogens is 372 g/mol. The molecule has 0 spiro atoms. The van der Waals surface area contributed by atoms with Crippen molar-refractivity contribution in [3.8, 4) is 5.75 Å². The number of nitrogen functional groups attached to an aromatic ring is 1. The molecular formula is C16H15BrN6O. The van der Waals surface area contributed by atoms with Crippen molar-refractivity contribution in [2.75, 3.05) is 23.5 Å². The van der Waals surface area contributed by atoms with Gasteiger partial charge in [0.05, 0.1) is 7.11 Å². The number of ether oxygens (including phenoxy) is 1. The van der Waals surface area contributed by atoms with Gasteiger partial charge in [0.15, 0.2) is 11.6 Å². The van der Waals surface area contributed by atoms with Gasteiger partial charge in [0, 0.05) is 22.4 Å². The first kappa shape index (κ1) is 16.0. The van der Waals surface area contributed by atoms with E-state index in [0.717, 1.165) is 15.9 Å². The molecule has 2 heterocycles. The van der Waals surface area contributed by atoms with Crippen LogP contribution < -0.4 is 21.1 Å². The molecule has 3 aromatic rings. The third-order valence-corrected chi connectivity index (χ3v) is 3.66. The van der Waals surface area contributed by atoms with Crippen molar-refractivity contribution in [1.82, 2.24) is 15.0 Å². The van der Waals surface area contributed by atoms with Crippen LogP contribution >= 0.6 is 15.9 Å². The van der Waals surface area contributed by atoms with Gasteiger partial charge >= 0.3 is 0 Å². The fourth-order valence-electron chi connectivity index (χ4n) is 2.00. The maximum Gasteiger partial charge on any atom is 0.160 e. The Kier molecular flexibility index (Phi) is 4.76. The lowest BCUT2D eigenvalue weighted by Gasteiger charge is -2.12. The van der Waals surface area contributed by atoms with Gasteiger partial charge in [0.1, 0.15) is 23.6 Å². The second kappa shape index (κ2) is 7.14. The lowest BCUT2D eigenvalue weighted by Crippen LogP contribution is -2.05. The summed E-state index contributed by atoms with van der Waals surface area (Å²) in [5, 5.41) is 6.23. The van der Waals surface area contributed by atoms with Gasteiger partial charge in [-0.3, -0.25) is 0 Å². The monoisotopic (exact) mass is 386 g/mol. The minimum absolute atomic E-state index is 0.394. The van der Waals surface area contributed by atoms with Crippen molar-refractivity contribution in [2.24, 2.45) is 0 Å². The Bertz CT molecular complexity index is 840. The van der Waals surface area contributed by atoms with E-state index in [4.69, 9.17) is 10.5 Å². The number of aromatic nitrogens is 3. The Hall–Kier alpha value is -2.87. The molecule has 7 nitrogen and oxygen atoms in total. The first-order chi connectivity index (χ1) is 11.7. The summed E-state index contributed by atoms with van der Waals surface area (Å²) >= 11 is 3.34. The predicted molar refractivity (Wildman–Crippen MR) is 97.9 cm³/mol. The second-order valence-electron chi connectivity index (χ2n) is 4.83. The summed E-state index contributed by atoms with van der Waals surface area (Å²) in [6.07, 6.45) is 3.12. The lowest BCUT2D eigenvalue weighted by atomic mass is 10.3. The summed E-state index contributed by atoms with van der Waals surface area (Å²) in [4.78, 5) is 12.6. The zero-order chi connectivity index (χ0) is 16.9. The van der Waals surface area contributed by atoms with E-state index in [-0.39, 0.29) is 0 Å². The number of nitrogens with zero attached hydrogens (tertiary/aromatic N) is 3. The van der Waals surface area contributed by atoms with Crippen LogP contribution in [0.1, 0.15) is 0 Å². The van der Waals surface area contributed by atoms with E-state index < -0.39 is 0 Å². The predicted octanol–water partition coefficient (Wildman–Crippen LogP) is 3.71. The highest BCUT2D eigenvalue weighted by molar-refractivity contribution is 9.10. The quantitative estimate of drug-likeness (QED) is 0.614. The van der Waals surface area contributed by atoms with Crippen LogP contribution in [0.5, 0.6) is 5.75 Å². The van der Waals surface area contributed by atoms with E-state index in [0.29, 0.717) is 23.1 Å². The fourth-order valence-corrected chi connectivity index (χ4v) is 2.24. The van der Waals surface area contributed by atoms with Gasteiger partial charge in [0.2, 0.25) is 0 Å². The molecule has 0 bridgehead atoms. The number of halogens is 1. The summed E-state index contributed by atoms with van der Waals surface area (Å²) in [6, 6.07) is 11.2. The lowest BCUT2D eigenvalue weighted by molar-refractivity contribution is 0.415. The Morgan fingerprint density at radius 3 is 2.54 bits per heavy atom. The minimum atomic E-state index is 0.394. The molecule has 0 saturated carbocycles. The molecule has 0 unspecified atom stereocenters. The van der Waals surface area contributed by atoms with Crippen molar-refractivity contribution in [3.05, 3.63) is 53.4 Å². The van der Waals surface area contributed by atoms with Crippen LogP contribution in [0, 0.1) is 0 Å². The largest absolute Gasteiger partial charge is 0.497 e. The SMILES string of the molecule is COc1cccc(Nc2ncnc(Nc3ccc(Br)cn3)c2N)c1. The first-order valence-corrected chi connectivity index (χ1v) is 7.85. The summed E-state index contributed by atoms with van der Waals surface area (Å²) in [7, 11) is 1.62. The van der Waals surface area contributed by atoms with Gasteiger partial charge < -0.3 is 21.1 Å². The molecule has 24 heavy (non-hydrogen) atoms. The minimum Gasteiger partial charge on any atom is -0.497 e. The van der Waals surface area contributed by atoms with Gasteiger partial charge in [-0.1, -0.05) is 6.07 Å². The van der Waals surface area contributed by atoms with E-state index in [2.05, 4.69) is 41.5 Å². The van der Waals surface area contributed by atoms with Crippen molar-refractivity contribution < 1.29 is 4.74 Å². The van der Waals surface area contributed by atoms with E-state index in [1.807, 2.05) is 36.4 Å². The summed E-state index contributed by atoms with van der Waals surface area (Å²) in [6.45, 7) is 0. The molecule has 0 aliphatic rings. The van der Waals surface area contributed by atoms with Crippen LogP contribution in [0.4, 0.5) is 28.8 Å². The Morgan fingerprint density at radius 1 is 1.04 bits per heavy atom. The van der Waals surface area contributed by atoms with E-state index in [1.165, 1.54) is 6.33 Å². The zero-order valence-corrected chi connectivity index (χ0v) is 14.4. The smallest absolute Gasteiger partial charge is 0.160 e. The molecule has 3 rings (SSSR count). The van der Waals surface area contributed by atoms with Gasteiger partial charge in [-0.05, 0) is 40.2 Å². The molecule has 0 atom stereocenters. The number of nitrogens with one attached hydrogen (secondary N) is 2. The molecule has 8 heteroatoms. The summed E-state index contributed by atoms with van der Waals surface area (Å²) in [5.74, 6) is 2.35. The average molecular weight is 387 g/mol. The number of pyridine rings is 1. The number of rotatable bonds is 5. The number of anilines is 5. The van der Waals surface area contributed by atoms with Crippen LogP contribution in [0.15, 0.2) is 53.4 Å². The number of hydrogen-bond acceptors (Lipinski definition) is 7. The molecule has 0 aliphatic carbocycles. The third-order valence-electron chi connectivity index (χ3n) is 3.19. The molecule has 0 saturated heterocycles. The molecule has 1 aromatic carbocycles. The van der Waals surface area contributed by atoms with Gasteiger partial charge in [-0.15, -0.1) is 0 Å². The van der Waals surface area contributed by atoms with Crippen LogP contribution in [-0.2, 0) is 0 Å². The third kappa shape index (κ3) is 3.72. The van der Waals surface area contributed by atoms with E-state index in [1.54, 1.807) is 13.3 Å². The fraction of sp³-hybridized carbons (Fsp3) is 0.0625. The van der Waals surface area contributed by atoms with Gasteiger partial charge in [-0.25, -0.2) is 15.0 Å². The van der Waals surface area contributed by atoms with Crippen LogP contribution in [0.2, 0.25) is 0 Å². The first-order valence-electron chi connectivity index (χ1n) is 7.06. The normalized spacial score (nSPS) is 10.2. The topological polar surface area (TPSA) is 98.0 Å². The van der Waals surface area contributed by atoms with Crippen LogP contribution in [0.3, 0.4) is 0 Å². The maximum atomic E-state index is 6.16. The Labute approximate surface area is 147 Å². The molecule has 4 N–H and O–H groups in total. The van der Waals surface area contributed by atoms with Crippen molar-refractivity contribution in [3.63, 3.8) is 0 Å². The van der Waals surface area contributed by atoms with Crippen molar-refractivity contribution >= 4 is 44.8 Å². The van der Waals surface area contributed by atoms with E-state index in [9.17, 15) is 0 Å². The van der Waals surface area contributed by atoms with Gasteiger partial charge in [-0.2, -0.15) is 0 Å². The molecule has 0 radical (unpaired) electrons.